The maximum Gasteiger partial charge on any atom is 0.419 e. The van der Waals surface area contributed by atoms with Crippen molar-refractivity contribution < 1.29 is 27.8 Å². The highest BCUT2D eigenvalue weighted by Gasteiger charge is 2.64. The Hall–Kier alpha value is -2.87. The van der Waals surface area contributed by atoms with E-state index in [1.165, 1.54) is 33.0 Å². The Morgan fingerprint density at radius 1 is 1.19 bits per heavy atom. The molecule has 0 radical (unpaired) electrons. The number of benzene rings is 2. The summed E-state index contributed by atoms with van der Waals surface area (Å²) in [6.45, 7) is 4.28. The highest BCUT2D eigenvalue weighted by atomic mass is 19.4. The van der Waals surface area contributed by atoms with Crippen molar-refractivity contribution in [3.63, 3.8) is 0 Å². The molecule has 1 aliphatic rings. The number of hydrogen-bond acceptors (Lipinski definition) is 4. The molecule has 164 valence electrons. The van der Waals surface area contributed by atoms with Gasteiger partial charge in [0.1, 0.15) is 0 Å². The summed E-state index contributed by atoms with van der Waals surface area (Å²) in [5.41, 5.74) is -4.07. The Labute approximate surface area is 176 Å². The smallest absolute Gasteiger partial charge is 0.419 e. The van der Waals surface area contributed by atoms with Gasteiger partial charge in [0.05, 0.1) is 6.04 Å². The number of hydrogen-bond donors (Lipinski definition) is 3. The second kappa shape index (κ2) is 6.82. The van der Waals surface area contributed by atoms with E-state index in [0.717, 1.165) is 0 Å². The zero-order valence-electron chi connectivity index (χ0n) is 17.2. The van der Waals surface area contributed by atoms with E-state index in [1.54, 1.807) is 30.5 Å². The van der Waals surface area contributed by atoms with Crippen LogP contribution in [0.3, 0.4) is 0 Å². The molecule has 0 bridgehead atoms. The van der Waals surface area contributed by atoms with Crippen LogP contribution >= 0.6 is 0 Å². The second-order valence-electron chi connectivity index (χ2n) is 8.78. The third kappa shape index (κ3) is 3.20. The van der Waals surface area contributed by atoms with E-state index in [2.05, 4.69) is 10.3 Å². The Morgan fingerprint density at radius 3 is 2.58 bits per heavy atom. The third-order valence-corrected chi connectivity index (χ3v) is 6.10. The summed E-state index contributed by atoms with van der Waals surface area (Å²) in [5, 5.41) is 25.8. The van der Waals surface area contributed by atoms with Gasteiger partial charge in [-0.25, -0.2) is 4.39 Å². The standard InChI is InChI=1S/C23H22F4N2O2/c1-12-9-15-17(19(30)18(12)24)21(2,3)11-22(31,23(25,26)27)20(15)29-16-6-4-5-13-10-28-8-7-14(13)16/h4-10,20,29-31H,11H2,1-3H3. The number of rotatable bonds is 2. The highest BCUT2D eigenvalue weighted by Crippen LogP contribution is 2.57. The molecular formula is C23H22F4N2O2. The van der Waals surface area contributed by atoms with Gasteiger partial charge >= 0.3 is 6.18 Å². The van der Waals surface area contributed by atoms with Crippen LogP contribution in [-0.4, -0.2) is 27.0 Å². The quantitative estimate of drug-likeness (QED) is 0.465. The first-order chi connectivity index (χ1) is 14.4. The van der Waals surface area contributed by atoms with Crippen LogP contribution < -0.4 is 5.32 Å². The zero-order chi connectivity index (χ0) is 22.8. The molecule has 4 nitrogen and oxygen atoms in total. The van der Waals surface area contributed by atoms with Crippen LogP contribution in [0.25, 0.3) is 10.8 Å². The van der Waals surface area contributed by atoms with Crippen LogP contribution in [-0.2, 0) is 5.41 Å². The second-order valence-corrected chi connectivity index (χ2v) is 8.78. The zero-order valence-corrected chi connectivity index (χ0v) is 17.2. The Balaban J connectivity index is 1.99. The molecule has 0 spiro atoms. The van der Waals surface area contributed by atoms with Crippen molar-refractivity contribution in [3.8, 4) is 5.75 Å². The van der Waals surface area contributed by atoms with Gasteiger partial charge in [0.15, 0.2) is 17.2 Å². The molecular weight excluding hydrogens is 412 g/mol. The first-order valence-corrected chi connectivity index (χ1v) is 9.77. The van der Waals surface area contributed by atoms with Crippen molar-refractivity contribution in [3.05, 3.63) is 65.2 Å². The number of anilines is 1. The van der Waals surface area contributed by atoms with Crippen LogP contribution in [0.5, 0.6) is 5.75 Å². The number of nitrogens with zero attached hydrogens (tertiary/aromatic N) is 1. The van der Waals surface area contributed by atoms with Gasteiger partial charge in [-0.15, -0.1) is 0 Å². The van der Waals surface area contributed by atoms with Crippen molar-refractivity contribution in [2.75, 3.05) is 5.32 Å². The average Bonchev–Trinajstić information content (AvgIpc) is 2.67. The van der Waals surface area contributed by atoms with E-state index < -0.39 is 41.2 Å². The fourth-order valence-electron chi connectivity index (χ4n) is 4.73. The average molecular weight is 434 g/mol. The molecule has 8 heteroatoms. The summed E-state index contributed by atoms with van der Waals surface area (Å²) in [7, 11) is 0. The maximum absolute atomic E-state index is 14.5. The Bertz CT molecular complexity index is 1170. The van der Waals surface area contributed by atoms with E-state index >= 15 is 0 Å². The number of nitrogens with one attached hydrogen (secondary N) is 1. The maximum atomic E-state index is 14.5. The van der Waals surface area contributed by atoms with E-state index in [4.69, 9.17) is 0 Å². The first-order valence-electron chi connectivity index (χ1n) is 9.77. The number of phenolic OH excluding ortho intramolecular Hbond substituents is 1. The predicted molar refractivity (Wildman–Crippen MR) is 110 cm³/mol. The van der Waals surface area contributed by atoms with Gasteiger partial charge in [0, 0.05) is 34.4 Å². The molecule has 0 saturated heterocycles. The minimum atomic E-state index is -4.98. The van der Waals surface area contributed by atoms with Crippen LogP contribution in [0.1, 0.15) is 43.0 Å². The number of pyridine rings is 1. The van der Waals surface area contributed by atoms with Crippen LogP contribution in [0.4, 0.5) is 23.2 Å². The van der Waals surface area contributed by atoms with Crippen LogP contribution in [0.15, 0.2) is 42.7 Å². The summed E-state index contributed by atoms with van der Waals surface area (Å²) in [6, 6.07) is 6.30. The van der Waals surface area contributed by atoms with Gasteiger partial charge in [-0.2, -0.15) is 13.2 Å². The van der Waals surface area contributed by atoms with E-state index in [1.807, 2.05) is 0 Å². The molecule has 3 aromatic rings. The third-order valence-electron chi connectivity index (χ3n) is 6.10. The van der Waals surface area contributed by atoms with Crippen LogP contribution in [0, 0.1) is 12.7 Å². The van der Waals surface area contributed by atoms with Crippen molar-refractivity contribution in [1.82, 2.24) is 4.98 Å². The van der Waals surface area contributed by atoms with E-state index in [-0.39, 0.29) is 16.7 Å². The van der Waals surface area contributed by atoms with Crippen molar-refractivity contribution >= 4 is 16.5 Å². The SMILES string of the molecule is Cc1cc2c(c(O)c1F)C(C)(C)CC(O)(C(F)(F)F)C2Nc1cccc2cnccc12. The minimum Gasteiger partial charge on any atom is -0.505 e. The molecule has 2 aromatic carbocycles. The highest BCUT2D eigenvalue weighted by molar-refractivity contribution is 5.93. The lowest BCUT2D eigenvalue weighted by Gasteiger charge is -2.49. The number of aryl methyl sites for hydroxylation is 1. The Morgan fingerprint density at radius 2 is 1.90 bits per heavy atom. The van der Waals surface area contributed by atoms with E-state index in [9.17, 15) is 27.8 Å². The summed E-state index contributed by atoms with van der Waals surface area (Å²) < 4.78 is 57.3. The molecule has 4 rings (SSSR count). The number of aromatic nitrogens is 1. The molecule has 31 heavy (non-hydrogen) atoms. The molecule has 1 heterocycles. The molecule has 3 N–H and O–H groups in total. The number of phenols is 1. The van der Waals surface area contributed by atoms with Crippen molar-refractivity contribution in [2.24, 2.45) is 0 Å². The number of aliphatic hydroxyl groups is 1. The van der Waals surface area contributed by atoms with E-state index in [0.29, 0.717) is 16.5 Å². The summed E-state index contributed by atoms with van der Waals surface area (Å²) in [6.07, 6.45) is -2.63. The normalized spacial score (nSPS) is 22.9. The fraction of sp³-hybridized carbons (Fsp3) is 0.348. The number of fused-ring (bicyclic) bond motifs is 2. The van der Waals surface area contributed by atoms with Gasteiger partial charge in [-0.3, -0.25) is 4.98 Å². The summed E-state index contributed by atoms with van der Waals surface area (Å²) >= 11 is 0. The largest absolute Gasteiger partial charge is 0.505 e. The molecule has 0 aliphatic heterocycles. The molecule has 2 unspecified atom stereocenters. The van der Waals surface area contributed by atoms with Gasteiger partial charge < -0.3 is 15.5 Å². The topological polar surface area (TPSA) is 65.4 Å². The van der Waals surface area contributed by atoms with Crippen LogP contribution in [0.2, 0.25) is 0 Å². The van der Waals surface area contributed by atoms with Gasteiger partial charge in [-0.1, -0.05) is 32.0 Å². The fourth-order valence-corrected chi connectivity index (χ4v) is 4.73. The number of alkyl halides is 3. The number of halogens is 4. The molecule has 2 atom stereocenters. The monoisotopic (exact) mass is 434 g/mol. The lowest BCUT2D eigenvalue weighted by molar-refractivity contribution is -0.276. The van der Waals surface area contributed by atoms with Gasteiger partial charge in [0.25, 0.3) is 0 Å². The van der Waals surface area contributed by atoms with Gasteiger partial charge in [-0.05, 0) is 42.0 Å². The first kappa shape index (κ1) is 21.4. The Kier molecular flexibility index (Phi) is 4.70. The molecule has 0 saturated carbocycles. The lowest BCUT2D eigenvalue weighted by atomic mass is 9.63. The minimum absolute atomic E-state index is 0.00704. The number of aromatic hydroxyl groups is 1. The molecule has 1 aliphatic carbocycles. The molecule has 0 fully saturated rings. The lowest BCUT2D eigenvalue weighted by Crippen LogP contribution is -2.58. The predicted octanol–water partition coefficient (Wildman–Crippen LogP) is 5.52. The molecule has 0 amide bonds. The van der Waals surface area contributed by atoms with Gasteiger partial charge in [0.2, 0.25) is 0 Å². The summed E-state index contributed by atoms with van der Waals surface area (Å²) in [4.78, 5) is 4.02. The van der Waals surface area contributed by atoms with Crippen molar-refractivity contribution in [1.29, 1.82) is 0 Å². The summed E-state index contributed by atoms with van der Waals surface area (Å²) in [5.74, 6) is -1.56. The van der Waals surface area contributed by atoms with Crippen molar-refractivity contribution in [2.45, 2.75) is 50.4 Å². The molecule has 1 aromatic heterocycles.